The number of halogens is 1. The number of anilines is 1. The SMILES string of the molecule is O=C(Nc1ncn(Cc2ccccc2)n1)c1cc(-c2ccco2)n(-c2cccc(Cl)c2)n1. The molecule has 5 rings (SSSR count). The van der Waals surface area contributed by atoms with E-state index in [4.69, 9.17) is 16.0 Å². The number of furan rings is 1. The van der Waals surface area contributed by atoms with E-state index < -0.39 is 5.91 Å². The molecule has 0 aliphatic carbocycles. The molecule has 8 nitrogen and oxygen atoms in total. The van der Waals surface area contributed by atoms with Gasteiger partial charge < -0.3 is 4.42 Å². The summed E-state index contributed by atoms with van der Waals surface area (Å²) < 4.78 is 8.80. The van der Waals surface area contributed by atoms with Crippen LogP contribution < -0.4 is 5.32 Å². The molecule has 9 heteroatoms. The fourth-order valence-electron chi connectivity index (χ4n) is 3.26. The van der Waals surface area contributed by atoms with Gasteiger partial charge in [-0.2, -0.15) is 5.10 Å². The van der Waals surface area contributed by atoms with Crippen LogP contribution in [-0.2, 0) is 6.54 Å². The molecule has 1 N–H and O–H groups in total. The summed E-state index contributed by atoms with van der Waals surface area (Å²) in [7, 11) is 0. The van der Waals surface area contributed by atoms with E-state index in [0.717, 1.165) is 5.56 Å². The summed E-state index contributed by atoms with van der Waals surface area (Å²) in [6.07, 6.45) is 3.13. The summed E-state index contributed by atoms with van der Waals surface area (Å²) in [6.45, 7) is 0.551. The summed E-state index contributed by atoms with van der Waals surface area (Å²) in [6, 6.07) is 22.3. The van der Waals surface area contributed by atoms with E-state index in [-0.39, 0.29) is 11.6 Å². The lowest BCUT2D eigenvalue weighted by atomic mass is 10.2. The first-order chi connectivity index (χ1) is 15.7. The highest BCUT2D eigenvalue weighted by Gasteiger charge is 2.19. The Hall–Kier alpha value is -4.17. The largest absolute Gasteiger partial charge is 0.463 e. The predicted octanol–water partition coefficient (Wildman–Crippen LogP) is 4.68. The number of nitrogens with one attached hydrogen (secondary N) is 1. The molecule has 3 heterocycles. The Morgan fingerprint density at radius 2 is 1.88 bits per heavy atom. The van der Waals surface area contributed by atoms with Crippen LogP contribution in [0.25, 0.3) is 17.1 Å². The molecule has 0 aliphatic rings. The molecule has 32 heavy (non-hydrogen) atoms. The fourth-order valence-corrected chi connectivity index (χ4v) is 3.45. The van der Waals surface area contributed by atoms with Crippen LogP contribution in [0.2, 0.25) is 5.02 Å². The lowest BCUT2D eigenvalue weighted by Gasteiger charge is -2.05. The Labute approximate surface area is 188 Å². The van der Waals surface area contributed by atoms with Gasteiger partial charge in [-0.3, -0.25) is 10.1 Å². The van der Waals surface area contributed by atoms with Gasteiger partial charge in [0.2, 0.25) is 5.95 Å². The summed E-state index contributed by atoms with van der Waals surface area (Å²) >= 11 is 6.15. The van der Waals surface area contributed by atoms with Gasteiger partial charge in [-0.15, -0.1) is 5.10 Å². The van der Waals surface area contributed by atoms with Crippen LogP contribution in [0.5, 0.6) is 0 Å². The molecule has 3 aromatic heterocycles. The number of amides is 1. The van der Waals surface area contributed by atoms with Crippen molar-refractivity contribution in [2.75, 3.05) is 5.32 Å². The molecule has 0 atom stereocenters. The number of rotatable bonds is 6. The molecular weight excluding hydrogens is 428 g/mol. The van der Waals surface area contributed by atoms with E-state index in [1.54, 1.807) is 52.3 Å². The normalized spacial score (nSPS) is 10.9. The highest BCUT2D eigenvalue weighted by atomic mass is 35.5. The Kier molecular flexibility index (Phi) is 5.27. The van der Waals surface area contributed by atoms with Crippen molar-refractivity contribution in [3.05, 3.63) is 102 Å². The van der Waals surface area contributed by atoms with Crippen molar-refractivity contribution in [3.8, 4) is 17.1 Å². The Bertz CT molecular complexity index is 1360. The monoisotopic (exact) mass is 444 g/mol. The first-order valence-corrected chi connectivity index (χ1v) is 10.2. The lowest BCUT2D eigenvalue weighted by Crippen LogP contribution is -2.14. The van der Waals surface area contributed by atoms with E-state index in [2.05, 4.69) is 20.5 Å². The second-order valence-electron chi connectivity index (χ2n) is 6.99. The molecule has 2 aromatic carbocycles. The zero-order valence-electron chi connectivity index (χ0n) is 16.7. The minimum absolute atomic E-state index is 0.191. The first-order valence-electron chi connectivity index (χ1n) is 9.80. The molecule has 0 radical (unpaired) electrons. The number of carbonyl (C=O) groups is 1. The van der Waals surface area contributed by atoms with Crippen LogP contribution in [0.3, 0.4) is 0 Å². The lowest BCUT2D eigenvalue weighted by molar-refractivity contribution is 0.102. The second kappa shape index (κ2) is 8.52. The third kappa shape index (κ3) is 4.17. The topological polar surface area (TPSA) is 90.8 Å². The molecule has 1 amide bonds. The molecule has 158 valence electrons. The quantitative estimate of drug-likeness (QED) is 0.410. The zero-order valence-corrected chi connectivity index (χ0v) is 17.5. The van der Waals surface area contributed by atoms with Crippen molar-refractivity contribution >= 4 is 23.5 Å². The van der Waals surface area contributed by atoms with Crippen LogP contribution in [0.1, 0.15) is 16.1 Å². The number of carbonyl (C=O) groups excluding carboxylic acids is 1. The molecule has 5 aromatic rings. The van der Waals surface area contributed by atoms with Gasteiger partial charge >= 0.3 is 0 Å². The average Bonchev–Trinajstić information content (AvgIpc) is 3.55. The van der Waals surface area contributed by atoms with Crippen molar-refractivity contribution in [2.45, 2.75) is 6.54 Å². The van der Waals surface area contributed by atoms with Gasteiger partial charge in [0.05, 0.1) is 18.5 Å². The molecule has 0 fully saturated rings. The summed E-state index contributed by atoms with van der Waals surface area (Å²) in [5.41, 5.74) is 2.59. The molecule has 0 saturated carbocycles. The number of nitrogens with zero attached hydrogens (tertiary/aromatic N) is 5. The molecule has 0 spiro atoms. The van der Waals surface area contributed by atoms with E-state index >= 15 is 0 Å². The zero-order chi connectivity index (χ0) is 21.9. The summed E-state index contributed by atoms with van der Waals surface area (Å²) in [5, 5.41) is 12.1. The Morgan fingerprint density at radius 1 is 1.00 bits per heavy atom. The highest BCUT2D eigenvalue weighted by Crippen LogP contribution is 2.26. The van der Waals surface area contributed by atoms with Gasteiger partial charge in [0.1, 0.15) is 12.0 Å². The molecular formula is C23H17ClN6O2. The second-order valence-corrected chi connectivity index (χ2v) is 7.43. The third-order valence-electron chi connectivity index (χ3n) is 4.72. The minimum atomic E-state index is -0.434. The number of aromatic nitrogens is 5. The predicted molar refractivity (Wildman–Crippen MR) is 120 cm³/mol. The average molecular weight is 445 g/mol. The van der Waals surface area contributed by atoms with Crippen LogP contribution in [0.15, 0.2) is 89.8 Å². The standard InChI is InChI=1S/C23H17ClN6O2/c24-17-8-4-9-18(12-17)30-20(21-10-5-11-32-21)13-19(27-30)22(31)26-23-25-15-29(28-23)14-16-6-2-1-3-7-16/h1-13,15H,14H2,(H,26,28,31). The molecule has 0 unspecified atom stereocenters. The van der Waals surface area contributed by atoms with Gasteiger partial charge in [-0.1, -0.05) is 48.0 Å². The van der Waals surface area contributed by atoms with Gasteiger partial charge in [0, 0.05) is 11.1 Å². The summed E-state index contributed by atoms with van der Waals surface area (Å²) in [4.78, 5) is 17.1. The van der Waals surface area contributed by atoms with Crippen molar-refractivity contribution in [1.82, 2.24) is 24.5 Å². The number of hydrogen-bond donors (Lipinski definition) is 1. The number of hydrogen-bond acceptors (Lipinski definition) is 5. The Morgan fingerprint density at radius 3 is 2.66 bits per heavy atom. The maximum absolute atomic E-state index is 12.9. The fraction of sp³-hybridized carbons (Fsp3) is 0.0435. The number of benzene rings is 2. The van der Waals surface area contributed by atoms with Crippen molar-refractivity contribution in [2.24, 2.45) is 0 Å². The van der Waals surface area contributed by atoms with Crippen molar-refractivity contribution < 1.29 is 9.21 Å². The van der Waals surface area contributed by atoms with Crippen LogP contribution >= 0.6 is 11.6 Å². The van der Waals surface area contributed by atoms with Gasteiger partial charge in [0.15, 0.2) is 11.5 Å². The van der Waals surface area contributed by atoms with E-state index in [9.17, 15) is 4.79 Å². The van der Waals surface area contributed by atoms with Gasteiger partial charge in [-0.05, 0) is 35.9 Å². The van der Waals surface area contributed by atoms with E-state index in [1.165, 1.54) is 0 Å². The van der Waals surface area contributed by atoms with Crippen molar-refractivity contribution in [1.29, 1.82) is 0 Å². The smallest absolute Gasteiger partial charge is 0.278 e. The van der Waals surface area contributed by atoms with Gasteiger partial charge in [-0.25, -0.2) is 14.3 Å². The van der Waals surface area contributed by atoms with Crippen LogP contribution in [-0.4, -0.2) is 30.5 Å². The van der Waals surface area contributed by atoms with Crippen molar-refractivity contribution in [3.63, 3.8) is 0 Å². The Balaban J connectivity index is 1.40. The minimum Gasteiger partial charge on any atom is -0.463 e. The maximum atomic E-state index is 12.9. The molecule has 0 saturated heterocycles. The molecule has 0 bridgehead atoms. The first kappa shape index (κ1) is 19.8. The maximum Gasteiger partial charge on any atom is 0.278 e. The third-order valence-corrected chi connectivity index (χ3v) is 4.95. The molecule has 0 aliphatic heterocycles. The van der Waals surface area contributed by atoms with Gasteiger partial charge in [0.25, 0.3) is 5.91 Å². The highest BCUT2D eigenvalue weighted by molar-refractivity contribution is 6.30. The van der Waals surface area contributed by atoms with E-state index in [0.29, 0.717) is 28.7 Å². The van der Waals surface area contributed by atoms with E-state index in [1.807, 2.05) is 42.5 Å². The van der Waals surface area contributed by atoms with Crippen LogP contribution in [0.4, 0.5) is 5.95 Å². The van der Waals surface area contributed by atoms with Crippen LogP contribution in [0, 0.1) is 0 Å². The summed E-state index contributed by atoms with van der Waals surface area (Å²) in [5.74, 6) is 0.334.